The third-order valence-electron chi connectivity index (χ3n) is 5.83. The summed E-state index contributed by atoms with van der Waals surface area (Å²) in [6.45, 7) is 11.0. The molecule has 2 aliphatic heterocycles. The Hall–Kier alpha value is -1.60. The number of benzene rings is 1. The Morgan fingerprint density at radius 3 is 2.34 bits per heavy atom. The number of carbonyl (C=O) groups is 1. The first kappa shape index (κ1) is 20.7. The highest BCUT2D eigenvalue weighted by Gasteiger charge is 2.25. The van der Waals surface area contributed by atoms with Gasteiger partial charge in [-0.25, -0.2) is 0 Å². The van der Waals surface area contributed by atoms with E-state index in [1.807, 2.05) is 11.0 Å². The number of carbonyl (C=O) groups excluding carboxylic acids is 1. The van der Waals surface area contributed by atoms with Crippen LogP contribution in [0.5, 0.6) is 0 Å². The Balaban J connectivity index is 1.19. The molecule has 1 aromatic carbocycles. The van der Waals surface area contributed by atoms with Crippen LogP contribution in [0, 0.1) is 6.92 Å². The third kappa shape index (κ3) is 5.51. The molecule has 0 aliphatic carbocycles. The van der Waals surface area contributed by atoms with Gasteiger partial charge in [-0.15, -0.1) is 11.3 Å². The lowest BCUT2D eigenvalue weighted by Crippen LogP contribution is -2.53. The summed E-state index contributed by atoms with van der Waals surface area (Å²) in [5.41, 5.74) is 2.54. The van der Waals surface area contributed by atoms with Crippen molar-refractivity contribution in [1.82, 2.24) is 14.7 Å². The van der Waals surface area contributed by atoms with Crippen molar-refractivity contribution < 1.29 is 4.79 Å². The Morgan fingerprint density at radius 2 is 1.69 bits per heavy atom. The van der Waals surface area contributed by atoms with Crippen LogP contribution in [0.3, 0.4) is 0 Å². The van der Waals surface area contributed by atoms with E-state index in [2.05, 4.69) is 52.0 Å². The van der Waals surface area contributed by atoms with E-state index in [0.29, 0.717) is 6.54 Å². The van der Waals surface area contributed by atoms with Gasteiger partial charge in [0.15, 0.2) is 0 Å². The number of piperazine rings is 2. The molecule has 0 radical (unpaired) electrons. The lowest BCUT2D eigenvalue weighted by molar-refractivity contribution is -0.133. The number of halogens is 1. The molecule has 0 N–H and O–H groups in total. The molecule has 0 spiro atoms. The summed E-state index contributed by atoms with van der Waals surface area (Å²) in [5, 5.41) is 0. The van der Waals surface area contributed by atoms with Crippen molar-refractivity contribution in [2.75, 3.05) is 63.8 Å². The monoisotopic (exact) mass is 432 g/mol. The highest BCUT2D eigenvalue weighted by molar-refractivity contribution is 7.16. The molecule has 2 aromatic rings. The van der Waals surface area contributed by atoms with E-state index in [-0.39, 0.29) is 5.91 Å². The van der Waals surface area contributed by atoms with Gasteiger partial charge >= 0.3 is 0 Å². The molecular formula is C22H29ClN4OS. The molecule has 1 amide bonds. The maximum absolute atomic E-state index is 12.8. The summed E-state index contributed by atoms with van der Waals surface area (Å²) < 4.78 is 0.853. The van der Waals surface area contributed by atoms with Gasteiger partial charge in [-0.2, -0.15) is 0 Å². The predicted molar refractivity (Wildman–Crippen MR) is 121 cm³/mol. The molecule has 2 aliphatic rings. The zero-order valence-electron chi connectivity index (χ0n) is 17.0. The number of amides is 1. The van der Waals surface area contributed by atoms with Crippen molar-refractivity contribution in [3.63, 3.8) is 0 Å². The second kappa shape index (κ2) is 9.47. The van der Waals surface area contributed by atoms with Gasteiger partial charge in [0.1, 0.15) is 0 Å². The van der Waals surface area contributed by atoms with Crippen LogP contribution in [-0.4, -0.2) is 79.5 Å². The van der Waals surface area contributed by atoms with E-state index in [0.717, 1.165) is 63.2 Å². The number of hydrogen-bond donors (Lipinski definition) is 0. The SMILES string of the molecule is Cc1cccc(N2CCN(C(=O)CN3CCN(Cc4ccc(Cl)s4)CC3)CC2)c1. The Morgan fingerprint density at radius 1 is 0.966 bits per heavy atom. The minimum absolute atomic E-state index is 0.271. The van der Waals surface area contributed by atoms with Crippen LogP contribution in [-0.2, 0) is 11.3 Å². The summed E-state index contributed by atoms with van der Waals surface area (Å²) >= 11 is 7.69. The van der Waals surface area contributed by atoms with Crippen molar-refractivity contribution in [3.8, 4) is 0 Å². The lowest BCUT2D eigenvalue weighted by atomic mass is 10.2. The molecule has 0 saturated carbocycles. The summed E-state index contributed by atoms with van der Waals surface area (Å²) in [7, 11) is 0. The third-order valence-corrected chi connectivity index (χ3v) is 7.05. The molecule has 156 valence electrons. The van der Waals surface area contributed by atoms with Crippen LogP contribution >= 0.6 is 22.9 Å². The number of anilines is 1. The fourth-order valence-corrected chi connectivity index (χ4v) is 5.22. The average molecular weight is 433 g/mol. The summed E-state index contributed by atoms with van der Waals surface area (Å²) in [4.78, 5) is 23.3. The summed E-state index contributed by atoms with van der Waals surface area (Å²) in [6, 6.07) is 12.7. The largest absolute Gasteiger partial charge is 0.368 e. The molecule has 2 saturated heterocycles. The van der Waals surface area contributed by atoms with Crippen molar-refractivity contribution in [2.45, 2.75) is 13.5 Å². The number of aryl methyl sites for hydroxylation is 1. The maximum Gasteiger partial charge on any atom is 0.236 e. The molecular weight excluding hydrogens is 404 g/mol. The minimum atomic E-state index is 0.271. The van der Waals surface area contributed by atoms with Gasteiger partial charge in [-0.3, -0.25) is 14.6 Å². The number of hydrogen-bond acceptors (Lipinski definition) is 5. The number of nitrogens with zero attached hydrogens (tertiary/aromatic N) is 4. The lowest BCUT2D eigenvalue weighted by Gasteiger charge is -2.38. The minimum Gasteiger partial charge on any atom is -0.368 e. The van der Waals surface area contributed by atoms with Gasteiger partial charge in [0.25, 0.3) is 0 Å². The molecule has 0 unspecified atom stereocenters. The molecule has 29 heavy (non-hydrogen) atoms. The van der Waals surface area contributed by atoms with Gasteiger partial charge in [0.2, 0.25) is 5.91 Å². The smallest absolute Gasteiger partial charge is 0.236 e. The van der Waals surface area contributed by atoms with E-state index in [9.17, 15) is 4.79 Å². The highest BCUT2D eigenvalue weighted by atomic mass is 35.5. The molecule has 4 rings (SSSR count). The van der Waals surface area contributed by atoms with Crippen LogP contribution in [0.1, 0.15) is 10.4 Å². The summed E-state index contributed by atoms with van der Waals surface area (Å²) in [6.07, 6.45) is 0. The quantitative estimate of drug-likeness (QED) is 0.725. The van der Waals surface area contributed by atoms with E-state index >= 15 is 0 Å². The van der Waals surface area contributed by atoms with Crippen LogP contribution < -0.4 is 4.90 Å². The maximum atomic E-state index is 12.8. The number of rotatable bonds is 5. The van der Waals surface area contributed by atoms with Crippen LogP contribution in [0.4, 0.5) is 5.69 Å². The molecule has 0 bridgehead atoms. The Labute approximate surface area is 182 Å². The first-order valence-electron chi connectivity index (χ1n) is 10.4. The van der Waals surface area contributed by atoms with Gasteiger partial charge in [0, 0.05) is 69.5 Å². The molecule has 7 heteroatoms. The summed E-state index contributed by atoms with van der Waals surface area (Å²) in [5.74, 6) is 0.271. The second-order valence-corrected chi connectivity index (χ2v) is 9.76. The van der Waals surface area contributed by atoms with E-state index in [4.69, 9.17) is 11.6 Å². The Bertz CT molecular complexity index is 826. The van der Waals surface area contributed by atoms with E-state index < -0.39 is 0 Å². The average Bonchev–Trinajstić information content (AvgIpc) is 3.14. The van der Waals surface area contributed by atoms with Gasteiger partial charge < -0.3 is 9.80 Å². The van der Waals surface area contributed by atoms with Crippen molar-refractivity contribution in [3.05, 3.63) is 51.2 Å². The second-order valence-electron chi connectivity index (χ2n) is 7.96. The van der Waals surface area contributed by atoms with Crippen LogP contribution in [0.15, 0.2) is 36.4 Å². The molecule has 5 nitrogen and oxygen atoms in total. The highest BCUT2D eigenvalue weighted by Crippen LogP contribution is 2.23. The van der Waals surface area contributed by atoms with Gasteiger partial charge in [-0.05, 0) is 36.8 Å². The fraction of sp³-hybridized carbons (Fsp3) is 0.500. The molecule has 3 heterocycles. The zero-order chi connectivity index (χ0) is 20.2. The van der Waals surface area contributed by atoms with Crippen molar-refractivity contribution >= 4 is 34.5 Å². The number of thiophene rings is 1. The predicted octanol–water partition coefficient (Wildman–Crippen LogP) is 3.18. The Kier molecular flexibility index (Phi) is 6.75. The fourth-order valence-electron chi connectivity index (χ4n) is 4.09. The van der Waals surface area contributed by atoms with Crippen LogP contribution in [0.25, 0.3) is 0 Å². The first-order chi connectivity index (χ1) is 14.1. The molecule has 2 fully saturated rings. The van der Waals surface area contributed by atoms with E-state index in [1.165, 1.54) is 16.1 Å². The normalized spacial score (nSPS) is 19.0. The zero-order valence-corrected chi connectivity index (χ0v) is 18.6. The topological polar surface area (TPSA) is 30.0 Å². The molecule has 0 atom stereocenters. The van der Waals surface area contributed by atoms with Crippen molar-refractivity contribution in [1.29, 1.82) is 0 Å². The molecule has 1 aromatic heterocycles. The standard InChI is InChI=1S/C22H29ClN4OS/c1-18-3-2-4-19(15-18)26-11-13-27(14-12-26)22(28)17-25-9-7-24(8-10-25)16-20-5-6-21(23)29-20/h2-6,15H,7-14,16-17H2,1H3. The van der Waals surface area contributed by atoms with Gasteiger partial charge in [-0.1, -0.05) is 23.7 Å². The van der Waals surface area contributed by atoms with Crippen LogP contribution in [0.2, 0.25) is 4.34 Å². The van der Waals surface area contributed by atoms with Crippen molar-refractivity contribution in [2.24, 2.45) is 0 Å². The van der Waals surface area contributed by atoms with Gasteiger partial charge in [0.05, 0.1) is 10.9 Å². The van der Waals surface area contributed by atoms with E-state index in [1.54, 1.807) is 11.3 Å². The first-order valence-corrected chi connectivity index (χ1v) is 11.5.